The fraction of sp³-hybridized carbons (Fsp3) is 0.111. The number of nitro benzene ring substituents is 1. The summed E-state index contributed by atoms with van der Waals surface area (Å²) in [6, 6.07) is 5.51. The highest BCUT2D eigenvalue weighted by Crippen LogP contribution is 2.12. The molecule has 0 heterocycles. The van der Waals surface area contributed by atoms with Gasteiger partial charge in [-0.3, -0.25) is 19.7 Å². The van der Waals surface area contributed by atoms with Gasteiger partial charge in [-0.15, -0.1) is 0 Å². The zero-order valence-electron chi connectivity index (χ0n) is 7.17. The van der Waals surface area contributed by atoms with E-state index in [9.17, 15) is 19.7 Å². The van der Waals surface area contributed by atoms with Gasteiger partial charge in [-0.25, -0.2) is 0 Å². The van der Waals surface area contributed by atoms with Crippen LogP contribution in [-0.4, -0.2) is 17.0 Å². The fourth-order valence-corrected chi connectivity index (χ4v) is 0.978. The van der Waals surface area contributed by atoms with Crippen LogP contribution in [0.15, 0.2) is 24.3 Å². The van der Waals surface area contributed by atoms with Crippen LogP contribution in [0.25, 0.3) is 0 Å². The van der Waals surface area contributed by atoms with Crippen LogP contribution in [0, 0.1) is 10.1 Å². The Hall–Kier alpha value is -2.04. The SMILES string of the molecule is O=CC(=O)Cc1ccc([N+](=O)[O-])cc1. The normalized spacial score (nSPS) is 9.43. The Bertz CT molecular complexity index is 369. The molecule has 1 aromatic rings. The molecule has 0 N–H and O–H groups in total. The van der Waals surface area contributed by atoms with E-state index in [4.69, 9.17) is 0 Å². The van der Waals surface area contributed by atoms with Gasteiger partial charge in [0, 0.05) is 18.6 Å². The standard InChI is InChI=1S/C9H7NO4/c11-6-9(12)5-7-1-3-8(4-2-7)10(13)14/h1-4,6H,5H2. The first kappa shape index (κ1) is 10.0. The maximum absolute atomic E-state index is 10.7. The van der Waals surface area contributed by atoms with Gasteiger partial charge in [0.25, 0.3) is 5.69 Å². The van der Waals surface area contributed by atoms with Gasteiger partial charge in [0.1, 0.15) is 0 Å². The maximum atomic E-state index is 10.7. The van der Waals surface area contributed by atoms with Crippen LogP contribution < -0.4 is 0 Å². The summed E-state index contributed by atoms with van der Waals surface area (Å²) in [7, 11) is 0. The molecule has 0 aromatic heterocycles. The van der Waals surface area contributed by atoms with Crippen molar-refractivity contribution in [3.05, 3.63) is 39.9 Å². The van der Waals surface area contributed by atoms with E-state index < -0.39 is 10.7 Å². The van der Waals surface area contributed by atoms with Gasteiger partial charge >= 0.3 is 0 Å². The minimum absolute atomic E-state index is 0.0124. The topological polar surface area (TPSA) is 77.3 Å². The van der Waals surface area contributed by atoms with E-state index in [0.29, 0.717) is 5.56 Å². The number of hydrogen-bond acceptors (Lipinski definition) is 4. The van der Waals surface area contributed by atoms with Gasteiger partial charge in [-0.05, 0) is 5.56 Å². The summed E-state index contributed by atoms with van der Waals surface area (Å²) in [5.41, 5.74) is 0.556. The molecule has 0 saturated heterocycles. The number of rotatable bonds is 4. The van der Waals surface area contributed by atoms with E-state index in [-0.39, 0.29) is 18.4 Å². The van der Waals surface area contributed by atoms with Crippen LogP contribution in [0.3, 0.4) is 0 Å². The van der Waals surface area contributed by atoms with Crippen LogP contribution in [-0.2, 0) is 16.0 Å². The van der Waals surface area contributed by atoms with Gasteiger partial charge in [0.2, 0.25) is 0 Å². The second-order valence-corrected chi connectivity index (χ2v) is 2.68. The molecule has 5 nitrogen and oxygen atoms in total. The number of non-ortho nitro benzene ring substituents is 1. The van der Waals surface area contributed by atoms with E-state index in [1.165, 1.54) is 24.3 Å². The third-order valence-corrected chi connectivity index (χ3v) is 1.66. The van der Waals surface area contributed by atoms with Crippen molar-refractivity contribution in [2.24, 2.45) is 0 Å². The van der Waals surface area contributed by atoms with Crippen molar-refractivity contribution in [3.8, 4) is 0 Å². The van der Waals surface area contributed by atoms with E-state index in [2.05, 4.69) is 0 Å². The number of ketones is 1. The van der Waals surface area contributed by atoms with E-state index in [1.807, 2.05) is 0 Å². The Morgan fingerprint density at radius 2 is 1.93 bits per heavy atom. The zero-order valence-corrected chi connectivity index (χ0v) is 7.17. The van der Waals surface area contributed by atoms with E-state index >= 15 is 0 Å². The molecule has 0 atom stereocenters. The van der Waals surface area contributed by atoms with Crippen LogP contribution in [0.5, 0.6) is 0 Å². The van der Waals surface area contributed by atoms with Gasteiger partial charge < -0.3 is 0 Å². The molecule has 0 aliphatic rings. The molecular formula is C9H7NO4. The molecule has 5 heteroatoms. The number of Topliss-reactive ketones (excluding diaryl/α,β-unsaturated/α-hetero) is 1. The quantitative estimate of drug-likeness (QED) is 0.308. The Morgan fingerprint density at radius 1 is 1.36 bits per heavy atom. The Kier molecular flexibility index (Phi) is 3.06. The van der Waals surface area contributed by atoms with E-state index in [1.54, 1.807) is 0 Å². The van der Waals surface area contributed by atoms with Crippen molar-refractivity contribution in [1.82, 2.24) is 0 Å². The first-order valence-electron chi connectivity index (χ1n) is 3.85. The molecule has 0 amide bonds. The summed E-state index contributed by atoms with van der Waals surface area (Å²) < 4.78 is 0. The van der Waals surface area contributed by atoms with Crippen LogP contribution in [0.4, 0.5) is 5.69 Å². The molecule has 0 saturated carbocycles. The number of benzene rings is 1. The van der Waals surface area contributed by atoms with Gasteiger partial charge in [0.15, 0.2) is 12.1 Å². The number of aldehydes is 1. The lowest BCUT2D eigenvalue weighted by Crippen LogP contribution is -2.03. The second kappa shape index (κ2) is 4.27. The first-order valence-corrected chi connectivity index (χ1v) is 3.85. The second-order valence-electron chi connectivity index (χ2n) is 2.68. The number of nitro groups is 1. The highest BCUT2D eigenvalue weighted by molar-refractivity contribution is 6.25. The summed E-state index contributed by atoms with van der Waals surface area (Å²) in [4.78, 5) is 30.5. The third kappa shape index (κ3) is 2.48. The number of nitrogens with zero attached hydrogens (tertiary/aromatic N) is 1. The smallest absolute Gasteiger partial charge is 0.269 e. The Labute approximate surface area is 79.5 Å². The molecular weight excluding hydrogens is 186 g/mol. The van der Waals surface area contributed by atoms with E-state index in [0.717, 1.165) is 0 Å². The van der Waals surface area contributed by atoms with Crippen LogP contribution >= 0.6 is 0 Å². The summed E-state index contributed by atoms with van der Waals surface area (Å²) in [6.07, 6.45) is 0.225. The summed E-state index contributed by atoms with van der Waals surface area (Å²) in [5.74, 6) is -0.543. The van der Waals surface area contributed by atoms with Crippen molar-refractivity contribution in [2.45, 2.75) is 6.42 Å². The summed E-state index contributed by atoms with van der Waals surface area (Å²) in [6.45, 7) is 0. The predicted molar refractivity (Wildman–Crippen MR) is 47.9 cm³/mol. The minimum atomic E-state index is -0.543. The van der Waals surface area contributed by atoms with Crippen molar-refractivity contribution >= 4 is 17.8 Å². The largest absolute Gasteiger partial charge is 0.295 e. The molecule has 0 aliphatic carbocycles. The average Bonchev–Trinajstić information content (AvgIpc) is 2.18. The lowest BCUT2D eigenvalue weighted by Gasteiger charge is -1.95. The molecule has 14 heavy (non-hydrogen) atoms. The molecule has 72 valence electrons. The van der Waals surface area contributed by atoms with Gasteiger partial charge in [0.05, 0.1) is 4.92 Å². The minimum Gasteiger partial charge on any atom is -0.295 e. The molecule has 1 rings (SSSR count). The highest BCUT2D eigenvalue weighted by atomic mass is 16.6. The molecule has 0 radical (unpaired) electrons. The van der Waals surface area contributed by atoms with Gasteiger partial charge in [-0.2, -0.15) is 0 Å². The maximum Gasteiger partial charge on any atom is 0.269 e. The van der Waals surface area contributed by atoms with Crippen molar-refractivity contribution in [3.63, 3.8) is 0 Å². The average molecular weight is 193 g/mol. The van der Waals surface area contributed by atoms with Crippen LogP contribution in [0.1, 0.15) is 5.56 Å². The zero-order chi connectivity index (χ0) is 10.6. The van der Waals surface area contributed by atoms with Crippen LogP contribution in [0.2, 0.25) is 0 Å². The lowest BCUT2D eigenvalue weighted by molar-refractivity contribution is -0.384. The number of hydrogen-bond donors (Lipinski definition) is 0. The Morgan fingerprint density at radius 3 is 2.36 bits per heavy atom. The molecule has 0 fully saturated rings. The van der Waals surface area contributed by atoms with Crippen molar-refractivity contribution < 1.29 is 14.5 Å². The molecule has 1 aromatic carbocycles. The number of carbonyl (C=O) groups is 2. The molecule has 0 spiro atoms. The lowest BCUT2D eigenvalue weighted by atomic mass is 10.1. The molecule has 0 aliphatic heterocycles. The highest BCUT2D eigenvalue weighted by Gasteiger charge is 2.06. The summed E-state index contributed by atoms with van der Waals surface area (Å²) in [5, 5.41) is 10.3. The van der Waals surface area contributed by atoms with Crippen molar-refractivity contribution in [1.29, 1.82) is 0 Å². The number of carbonyl (C=O) groups excluding carboxylic acids is 2. The predicted octanol–water partition coefficient (Wildman–Crippen LogP) is 0.905. The molecule has 0 bridgehead atoms. The Balaban J connectivity index is 2.78. The summed E-state index contributed by atoms with van der Waals surface area (Å²) >= 11 is 0. The van der Waals surface area contributed by atoms with Crippen molar-refractivity contribution in [2.75, 3.05) is 0 Å². The van der Waals surface area contributed by atoms with Gasteiger partial charge in [-0.1, -0.05) is 12.1 Å². The third-order valence-electron chi connectivity index (χ3n) is 1.66. The first-order chi connectivity index (χ1) is 6.63. The fourth-order valence-electron chi connectivity index (χ4n) is 0.978. The monoisotopic (exact) mass is 193 g/mol. The molecule has 0 unspecified atom stereocenters.